The Morgan fingerprint density at radius 1 is 1.15 bits per heavy atom. The minimum absolute atomic E-state index is 0.0681. The maximum Gasteiger partial charge on any atom is 0.232 e. The van der Waals surface area contributed by atoms with E-state index in [0.29, 0.717) is 36.2 Å². The highest BCUT2D eigenvalue weighted by molar-refractivity contribution is 6.30. The zero-order chi connectivity index (χ0) is 18.1. The van der Waals surface area contributed by atoms with Crippen LogP contribution < -0.4 is 0 Å². The first-order valence-electron chi connectivity index (χ1n) is 8.51. The lowest BCUT2D eigenvalue weighted by Gasteiger charge is -2.16. The van der Waals surface area contributed by atoms with E-state index >= 15 is 0 Å². The second-order valence-corrected chi connectivity index (χ2v) is 7.06. The van der Waals surface area contributed by atoms with E-state index in [4.69, 9.17) is 16.1 Å². The van der Waals surface area contributed by atoms with E-state index < -0.39 is 0 Å². The van der Waals surface area contributed by atoms with Crippen molar-refractivity contribution in [3.8, 4) is 11.4 Å². The predicted octanol–water partition coefficient (Wildman–Crippen LogP) is 4.21. The third-order valence-corrected chi connectivity index (χ3v) is 4.85. The first-order chi connectivity index (χ1) is 12.6. The molecule has 0 saturated carbocycles. The molecule has 4 rings (SSSR count). The molecule has 3 aromatic rings. The summed E-state index contributed by atoms with van der Waals surface area (Å²) in [5, 5.41) is 4.70. The molecule has 1 aliphatic rings. The van der Waals surface area contributed by atoms with Gasteiger partial charge in [0.2, 0.25) is 17.6 Å². The molecule has 1 aliphatic heterocycles. The molecule has 0 N–H and O–H groups in total. The van der Waals surface area contributed by atoms with Gasteiger partial charge in [-0.3, -0.25) is 4.79 Å². The number of halogens is 1. The summed E-state index contributed by atoms with van der Waals surface area (Å²) >= 11 is 5.91. The fourth-order valence-corrected chi connectivity index (χ4v) is 3.25. The Morgan fingerprint density at radius 3 is 2.62 bits per heavy atom. The van der Waals surface area contributed by atoms with Crippen molar-refractivity contribution in [2.45, 2.75) is 25.8 Å². The average Bonchev–Trinajstić information content (AvgIpc) is 3.25. The van der Waals surface area contributed by atoms with Crippen molar-refractivity contribution in [1.29, 1.82) is 0 Å². The second kappa shape index (κ2) is 6.92. The van der Waals surface area contributed by atoms with Gasteiger partial charge in [0.05, 0.1) is 5.92 Å². The van der Waals surface area contributed by atoms with Crippen molar-refractivity contribution in [3.63, 3.8) is 0 Å². The molecule has 0 bridgehead atoms. The van der Waals surface area contributed by atoms with Crippen molar-refractivity contribution >= 4 is 17.5 Å². The van der Waals surface area contributed by atoms with Crippen LogP contribution in [-0.4, -0.2) is 27.5 Å². The van der Waals surface area contributed by atoms with Crippen molar-refractivity contribution in [1.82, 2.24) is 15.0 Å². The molecule has 0 aliphatic carbocycles. The van der Waals surface area contributed by atoms with Gasteiger partial charge in [-0.05, 0) is 36.8 Å². The highest BCUT2D eigenvalue weighted by Gasteiger charge is 2.34. The SMILES string of the molecule is Cc1ccc(CN2CC(c3nc(-c4ccc(Cl)cc4)no3)CC2=O)cc1. The van der Waals surface area contributed by atoms with E-state index in [1.165, 1.54) is 5.56 Å². The summed E-state index contributed by atoms with van der Waals surface area (Å²) in [7, 11) is 0. The Morgan fingerprint density at radius 2 is 1.88 bits per heavy atom. The van der Waals surface area contributed by atoms with Gasteiger partial charge in [-0.15, -0.1) is 0 Å². The van der Waals surface area contributed by atoms with Gasteiger partial charge in [0, 0.05) is 30.1 Å². The first-order valence-corrected chi connectivity index (χ1v) is 8.89. The number of carbonyl (C=O) groups is 1. The number of aromatic nitrogens is 2. The van der Waals surface area contributed by atoms with Gasteiger partial charge in [-0.2, -0.15) is 4.98 Å². The number of hydrogen-bond donors (Lipinski definition) is 0. The number of amides is 1. The molecule has 0 radical (unpaired) electrons. The first kappa shape index (κ1) is 16.8. The fourth-order valence-electron chi connectivity index (χ4n) is 3.12. The molecule has 1 atom stereocenters. The zero-order valence-electron chi connectivity index (χ0n) is 14.4. The van der Waals surface area contributed by atoms with Crippen LogP contribution in [0.25, 0.3) is 11.4 Å². The average molecular weight is 368 g/mol. The summed E-state index contributed by atoms with van der Waals surface area (Å²) in [4.78, 5) is 18.7. The Balaban J connectivity index is 1.47. The molecule has 2 aromatic carbocycles. The van der Waals surface area contributed by atoms with Crippen LogP contribution in [0, 0.1) is 6.92 Å². The number of benzene rings is 2. The topological polar surface area (TPSA) is 59.2 Å². The number of likely N-dealkylation sites (tertiary alicyclic amines) is 1. The Hall–Kier alpha value is -2.66. The third-order valence-electron chi connectivity index (χ3n) is 4.60. The molecule has 1 amide bonds. The quantitative estimate of drug-likeness (QED) is 0.693. The maximum absolute atomic E-state index is 12.4. The van der Waals surface area contributed by atoms with E-state index in [0.717, 1.165) is 11.1 Å². The van der Waals surface area contributed by atoms with Gasteiger partial charge < -0.3 is 9.42 Å². The minimum atomic E-state index is -0.0681. The van der Waals surface area contributed by atoms with Crippen molar-refractivity contribution in [2.24, 2.45) is 0 Å². The molecular weight excluding hydrogens is 350 g/mol. The normalized spacial score (nSPS) is 17.1. The number of nitrogens with zero attached hydrogens (tertiary/aromatic N) is 3. The van der Waals surface area contributed by atoms with Gasteiger partial charge in [0.25, 0.3) is 0 Å². The standard InChI is InChI=1S/C20H18ClN3O2/c1-13-2-4-14(5-3-13)11-24-12-16(10-18(24)25)20-22-19(23-26-20)15-6-8-17(21)9-7-15/h2-9,16H,10-12H2,1H3. The van der Waals surface area contributed by atoms with E-state index in [1.807, 2.05) is 17.0 Å². The van der Waals surface area contributed by atoms with Gasteiger partial charge in [0.1, 0.15) is 0 Å². The molecule has 0 spiro atoms. The summed E-state index contributed by atoms with van der Waals surface area (Å²) in [6, 6.07) is 15.5. The monoisotopic (exact) mass is 367 g/mol. The lowest BCUT2D eigenvalue weighted by atomic mass is 10.1. The molecule has 5 nitrogen and oxygen atoms in total. The van der Waals surface area contributed by atoms with Crippen molar-refractivity contribution < 1.29 is 9.32 Å². The molecule has 1 aromatic heterocycles. The summed E-state index contributed by atoms with van der Waals surface area (Å²) in [6.07, 6.45) is 0.397. The number of rotatable bonds is 4. The van der Waals surface area contributed by atoms with Crippen LogP contribution in [-0.2, 0) is 11.3 Å². The molecule has 2 heterocycles. The number of carbonyl (C=O) groups excluding carboxylic acids is 1. The van der Waals surface area contributed by atoms with Gasteiger partial charge in [-0.1, -0.05) is 46.6 Å². The summed E-state index contributed by atoms with van der Waals surface area (Å²) in [6.45, 7) is 3.25. The molecule has 26 heavy (non-hydrogen) atoms. The summed E-state index contributed by atoms with van der Waals surface area (Å²) in [5.74, 6) is 1.07. The van der Waals surface area contributed by atoms with Crippen molar-refractivity contribution in [3.05, 3.63) is 70.6 Å². The van der Waals surface area contributed by atoms with E-state index in [-0.39, 0.29) is 11.8 Å². The minimum Gasteiger partial charge on any atom is -0.339 e. The van der Waals surface area contributed by atoms with Crippen LogP contribution in [0.4, 0.5) is 0 Å². The largest absolute Gasteiger partial charge is 0.339 e. The molecule has 1 unspecified atom stereocenters. The van der Waals surface area contributed by atoms with Gasteiger partial charge >= 0.3 is 0 Å². The lowest BCUT2D eigenvalue weighted by Crippen LogP contribution is -2.24. The highest BCUT2D eigenvalue weighted by Crippen LogP contribution is 2.30. The van der Waals surface area contributed by atoms with Crippen molar-refractivity contribution in [2.75, 3.05) is 6.54 Å². The molecule has 1 saturated heterocycles. The maximum atomic E-state index is 12.4. The predicted molar refractivity (Wildman–Crippen MR) is 98.7 cm³/mol. The van der Waals surface area contributed by atoms with Crippen LogP contribution >= 0.6 is 11.6 Å². The van der Waals surface area contributed by atoms with Gasteiger partial charge in [-0.25, -0.2) is 0 Å². The summed E-state index contributed by atoms with van der Waals surface area (Å²) in [5.41, 5.74) is 3.17. The Bertz CT molecular complexity index is 919. The highest BCUT2D eigenvalue weighted by atomic mass is 35.5. The number of hydrogen-bond acceptors (Lipinski definition) is 4. The Kier molecular flexibility index (Phi) is 4.47. The molecular formula is C20H18ClN3O2. The van der Waals surface area contributed by atoms with Crippen LogP contribution in [0.2, 0.25) is 5.02 Å². The van der Waals surface area contributed by atoms with E-state index in [1.54, 1.807) is 12.1 Å². The smallest absolute Gasteiger partial charge is 0.232 e. The van der Waals surface area contributed by atoms with Gasteiger partial charge in [0.15, 0.2) is 0 Å². The second-order valence-electron chi connectivity index (χ2n) is 6.62. The van der Waals surface area contributed by atoms with E-state index in [2.05, 4.69) is 41.3 Å². The Labute approximate surface area is 156 Å². The molecule has 132 valence electrons. The third kappa shape index (κ3) is 3.48. The van der Waals surface area contributed by atoms with Crippen LogP contribution in [0.1, 0.15) is 29.4 Å². The molecule has 6 heteroatoms. The zero-order valence-corrected chi connectivity index (χ0v) is 15.1. The molecule has 1 fully saturated rings. The van der Waals surface area contributed by atoms with Crippen LogP contribution in [0.15, 0.2) is 53.1 Å². The lowest BCUT2D eigenvalue weighted by molar-refractivity contribution is -0.128. The fraction of sp³-hybridized carbons (Fsp3) is 0.250. The van der Waals surface area contributed by atoms with Crippen LogP contribution in [0.5, 0.6) is 0 Å². The van der Waals surface area contributed by atoms with Crippen LogP contribution in [0.3, 0.4) is 0 Å². The number of aryl methyl sites for hydroxylation is 1. The summed E-state index contributed by atoms with van der Waals surface area (Å²) < 4.78 is 5.42. The van der Waals surface area contributed by atoms with E-state index in [9.17, 15) is 4.79 Å².